The van der Waals surface area contributed by atoms with E-state index in [4.69, 9.17) is 4.74 Å². The number of para-hydroxylation sites is 1. The topological polar surface area (TPSA) is 101 Å². The maximum absolute atomic E-state index is 16.1. The Bertz CT molecular complexity index is 1810. The monoisotopic (exact) mass is 651 g/mol. The molecule has 1 spiro atoms. The molecule has 4 aromatic rings. The van der Waals surface area contributed by atoms with Gasteiger partial charge < -0.3 is 19.6 Å². The van der Waals surface area contributed by atoms with Crippen molar-refractivity contribution < 1.29 is 23.8 Å². The summed E-state index contributed by atoms with van der Waals surface area (Å²) < 4.78 is 24.6. The summed E-state index contributed by atoms with van der Waals surface area (Å²) in [4.78, 5) is 30.9. The second kappa shape index (κ2) is 12.6. The molecule has 3 aromatic carbocycles. The largest absolute Gasteiger partial charge is 0.382 e. The average molecular weight is 652 g/mol. The van der Waals surface area contributed by atoms with Crippen LogP contribution in [0.1, 0.15) is 74.9 Å². The molecule has 5 atom stereocenters. The molecule has 250 valence electrons. The third-order valence-electron chi connectivity index (χ3n) is 10.3. The van der Waals surface area contributed by atoms with E-state index in [0.717, 1.165) is 35.3 Å². The van der Waals surface area contributed by atoms with Gasteiger partial charge in [0.15, 0.2) is 5.60 Å². The third kappa shape index (κ3) is 5.60. The van der Waals surface area contributed by atoms with Crippen LogP contribution in [0, 0.1) is 11.8 Å². The Morgan fingerprint density at radius 2 is 1.81 bits per heavy atom. The Morgan fingerprint density at radius 3 is 2.58 bits per heavy atom. The number of aryl methyl sites for hydroxylation is 1. The molecular formula is C38H42FN5O4. The summed E-state index contributed by atoms with van der Waals surface area (Å²) in [7, 11) is 0. The molecule has 7 rings (SSSR count). The highest BCUT2D eigenvalue weighted by atomic mass is 19.1. The number of alkyl halides is 1. The summed E-state index contributed by atoms with van der Waals surface area (Å²) in [6.45, 7) is 6.40. The first kappa shape index (κ1) is 32.2. The Kier molecular flexibility index (Phi) is 8.41. The molecule has 48 heavy (non-hydrogen) atoms. The van der Waals surface area contributed by atoms with E-state index in [9.17, 15) is 14.7 Å². The van der Waals surface area contributed by atoms with E-state index >= 15 is 4.39 Å². The Labute approximate surface area is 280 Å². The number of anilines is 2. The van der Waals surface area contributed by atoms with E-state index in [2.05, 4.69) is 10.3 Å². The number of rotatable bonds is 9. The van der Waals surface area contributed by atoms with Crippen LogP contribution in [-0.4, -0.2) is 50.2 Å². The lowest BCUT2D eigenvalue weighted by Crippen LogP contribution is -2.45. The van der Waals surface area contributed by atoms with E-state index in [0.29, 0.717) is 43.7 Å². The van der Waals surface area contributed by atoms with Crippen LogP contribution in [0.5, 0.6) is 0 Å². The summed E-state index contributed by atoms with van der Waals surface area (Å²) >= 11 is 0. The van der Waals surface area contributed by atoms with Crippen molar-refractivity contribution in [3.63, 3.8) is 0 Å². The SMILES string of the molecule is C[C@H]1[C@H](C(C)(C)F)[C@@H](CCn2cc([C@H](O)c3ccccc3)nn2)O[C@]12C(=O)N(Cc1cccc(N3CCCCC3=O)c1)c1ccccc12. The molecule has 3 aliphatic rings. The molecule has 0 aliphatic carbocycles. The van der Waals surface area contributed by atoms with Crippen LogP contribution in [0.3, 0.4) is 0 Å². The number of fused-ring (bicyclic) bond motifs is 2. The van der Waals surface area contributed by atoms with Gasteiger partial charge in [-0.25, -0.2) is 4.39 Å². The molecule has 2 amide bonds. The minimum absolute atomic E-state index is 0.119. The molecule has 10 heteroatoms. The van der Waals surface area contributed by atoms with Gasteiger partial charge in [0.1, 0.15) is 17.5 Å². The van der Waals surface area contributed by atoms with Crippen LogP contribution in [0.4, 0.5) is 15.8 Å². The van der Waals surface area contributed by atoms with Gasteiger partial charge in [0.25, 0.3) is 5.91 Å². The molecule has 0 saturated carbocycles. The number of nitrogens with zero attached hydrogens (tertiary/aromatic N) is 5. The van der Waals surface area contributed by atoms with Crippen molar-refractivity contribution in [2.75, 3.05) is 16.3 Å². The van der Waals surface area contributed by atoms with Gasteiger partial charge in [-0.3, -0.25) is 14.3 Å². The second-order valence-corrected chi connectivity index (χ2v) is 13.9. The quantitative estimate of drug-likeness (QED) is 0.235. The van der Waals surface area contributed by atoms with Crippen molar-refractivity contribution in [2.45, 2.75) is 83.0 Å². The van der Waals surface area contributed by atoms with Crippen molar-refractivity contribution in [1.82, 2.24) is 15.0 Å². The smallest absolute Gasteiger partial charge is 0.264 e. The highest BCUT2D eigenvalue weighted by molar-refractivity contribution is 6.07. The molecule has 4 heterocycles. The van der Waals surface area contributed by atoms with Gasteiger partial charge >= 0.3 is 0 Å². The minimum Gasteiger partial charge on any atom is -0.382 e. The van der Waals surface area contributed by atoms with Crippen LogP contribution in [0.2, 0.25) is 0 Å². The Hall–Kier alpha value is -4.41. The lowest BCUT2D eigenvalue weighted by molar-refractivity contribution is -0.146. The second-order valence-electron chi connectivity index (χ2n) is 13.9. The maximum atomic E-state index is 16.1. The number of carbonyl (C=O) groups is 2. The van der Waals surface area contributed by atoms with Crippen LogP contribution >= 0.6 is 0 Å². The zero-order chi connectivity index (χ0) is 33.6. The molecule has 0 bridgehead atoms. The van der Waals surface area contributed by atoms with E-state index in [1.165, 1.54) is 0 Å². The first-order valence-corrected chi connectivity index (χ1v) is 16.9. The zero-order valence-electron chi connectivity index (χ0n) is 27.6. The lowest BCUT2D eigenvalue weighted by Gasteiger charge is -2.32. The molecule has 2 saturated heterocycles. The first-order valence-electron chi connectivity index (χ1n) is 16.9. The van der Waals surface area contributed by atoms with E-state index in [1.54, 1.807) is 29.6 Å². The number of piperidine rings is 1. The number of hydrogen-bond donors (Lipinski definition) is 1. The van der Waals surface area contributed by atoms with Crippen molar-refractivity contribution in [3.05, 3.63) is 107 Å². The summed E-state index contributed by atoms with van der Waals surface area (Å²) in [6.07, 6.45) is 3.01. The molecule has 0 radical (unpaired) electrons. The fraction of sp³-hybridized carbons (Fsp3) is 0.421. The minimum atomic E-state index is -1.64. The molecule has 0 unspecified atom stereocenters. The van der Waals surface area contributed by atoms with E-state index < -0.39 is 35.3 Å². The standard InChI is InChI=1S/C38H42FN5O4/c1-25-34(37(2,3)39)32(19-21-42-24-30(40-41-42)35(46)27-13-5-4-6-14-27)48-38(25)29-16-7-8-17-31(29)44(36(38)47)23-26-12-11-15-28(22-26)43-20-10-9-18-33(43)45/h4-8,11-17,22,24-25,32,34-35,46H,9-10,18-21,23H2,1-3H3/t25-,32+,34-,35+,38+/m0/s1. The Morgan fingerprint density at radius 1 is 1.04 bits per heavy atom. The van der Waals surface area contributed by atoms with Crippen LogP contribution in [0.15, 0.2) is 85.1 Å². The molecule has 3 aliphatic heterocycles. The fourth-order valence-corrected chi connectivity index (χ4v) is 8.13. The Balaban J connectivity index is 1.15. The normalized spacial score (nSPS) is 24.8. The van der Waals surface area contributed by atoms with Crippen LogP contribution in [-0.2, 0) is 33.0 Å². The van der Waals surface area contributed by atoms with Crippen molar-refractivity contribution in [2.24, 2.45) is 11.8 Å². The third-order valence-corrected chi connectivity index (χ3v) is 10.3. The highest BCUT2D eigenvalue weighted by Crippen LogP contribution is 2.58. The van der Waals surface area contributed by atoms with Gasteiger partial charge in [-0.05, 0) is 62.4 Å². The van der Waals surface area contributed by atoms with Crippen molar-refractivity contribution >= 4 is 23.2 Å². The molecular weight excluding hydrogens is 609 g/mol. The van der Waals surface area contributed by atoms with Gasteiger partial charge in [-0.2, -0.15) is 0 Å². The molecule has 9 nitrogen and oxygen atoms in total. The maximum Gasteiger partial charge on any atom is 0.264 e. The number of aliphatic hydroxyl groups is 1. The van der Waals surface area contributed by atoms with Crippen LogP contribution < -0.4 is 9.80 Å². The fourth-order valence-electron chi connectivity index (χ4n) is 8.13. The van der Waals surface area contributed by atoms with Gasteiger partial charge in [0, 0.05) is 42.6 Å². The zero-order valence-corrected chi connectivity index (χ0v) is 27.6. The molecule has 1 N–H and O–H groups in total. The average Bonchev–Trinajstić information content (AvgIpc) is 3.75. The summed E-state index contributed by atoms with van der Waals surface area (Å²) in [5.41, 5.74) is 1.38. The predicted molar refractivity (Wildman–Crippen MR) is 180 cm³/mol. The number of amides is 2. The van der Waals surface area contributed by atoms with Crippen molar-refractivity contribution in [3.8, 4) is 0 Å². The molecule has 2 fully saturated rings. The summed E-state index contributed by atoms with van der Waals surface area (Å²) in [6, 6.07) is 24.7. The predicted octanol–water partition coefficient (Wildman–Crippen LogP) is 6.11. The summed E-state index contributed by atoms with van der Waals surface area (Å²) in [5.74, 6) is -1.14. The number of carbonyl (C=O) groups excluding carboxylic acids is 2. The number of aliphatic hydroxyl groups excluding tert-OH is 1. The van der Waals surface area contributed by atoms with E-state index in [1.807, 2.05) is 90.7 Å². The summed E-state index contributed by atoms with van der Waals surface area (Å²) in [5, 5.41) is 19.2. The van der Waals surface area contributed by atoms with Gasteiger partial charge in [0.05, 0.1) is 24.5 Å². The van der Waals surface area contributed by atoms with Crippen molar-refractivity contribution in [1.29, 1.82) is 0 Å². The van der Waals surface area contributed by atoms with Gasteiger partial charge in [-0.15, -0.1) is 5.10 Å². The van der Waals surface area contributed by atoms with Gasteiger partial charge in [-0.1, -0.05) is 72.8 Å². The highest BCUT2D eigenvalue weighted by Gasteiger charge is 2.66. The first-order chi connectivity index (χ1) is 23.1. The van der Waals surface area contributed by atoms with Crippen LogP contribution in [0.25, 0.3) is 0 Å². The molecule has 1 aromatic heterocycles. The van der Waals surface area contributed by atoms with Gasteiger partial charge in [0.2, 0.25) is 5.91 Å². The number of halogens is 1. The number of ether oxygens (including phenoxy) is 1. The van der Waals surface area contributed by atoms with E-state index in [-0.39, 0.29) is 11.8 Å². The lowest BCUT2D eigenvalue weighted by atomic mass is 9.71. The number of hydrogen-bond acceptors (Lipinski definition) is 6. The number of benzene rings is 3. The number of aromatic nitrogens is 3.